The van der Waals surface area contributed by atoms with Crippen LogP contribution in [0.4, 0.5) is 0 Å². The molecule has 4 fully saturated rings. The summed E-state index contributed by atoms with van der Waals surface area (Å²) in [5.41, 5.74) is 5.63. The van der Waals surface area contributed by atoms with Crippen molar-refractivity contribution in [2.75, 3.05) is 5.75 Å². The minimum Gasteiger partial charge on any atom is -0.480 e. The van der Waals surface area contributed by atoms with Gasteiger partial charge in [0.25, 0.3) is 0 Å². The number of carbonyl (C=O) groups is 1. The fourth-order valence-electron chi connectivity index (χ4n) is 4.55. The lowest BCUT2D eigenvalue weighted by molar-refractivity contribution is -0.137. The zero-order valence-electron chi connectivity index (χ0n) is 10.1. The monoisotopic (exact) mass is 255 g/mol. The van der Waals surface area contributed by atoms with Gasteiger partial charge in [-0.15, -0.1) is 0 Å². The van der Waals surface area contributed by atoms with Gasteiger partial charge in [-0.2, -0.15) is 11.8 Å². The summed E-state index contributed by atoms with van der Waals surface area (Å²) >= 11 is 1.86. The van der Waals surface area contributed by atoms with E-state index in [-0.39, 0.29) is 0 Å². The Morgan fingerprint density at radius 1 is 1.24 bits per heavy atom. The van der Waals surface area contributed by atoms with E-state index in [9.17, 15) is 4.79 Å². The highest BCUT2D eigenvalue weighted by molar-refractivity contribution is 8.00. The Labute approximate surface area is 107 Å². The lowest BCUT2D eigenvalue weighted by Gasteiger charge is -2.56. The van der Waals surface area contributed by atoms with Gasteiger partial charge in [-0.1, -0.05) is 0 Å². The molecule has 0 unspecified atom stereocenters. The average Bonchev–Trinajstić information content (AvgIpc) is 2.24. The molecule has 96 valence electrons. The molecule has 0 aromatic rings. The van der Waals surface area contributed by atoms with Crippen LogP contribution in [-0.2, 0) is 4.79 Å². The highest BCUT2D eigenvalue weighted by atomic mass is 32.2. The van der Waals surface area contributed by atoms with Crippen molar-refractivity contribution in [2.45, 2.75) is 49.3 Å². The van der Waals surface area contributed by atoms with Gasteiger partial charge in [0.2, 0.25) is 0 Å². The van der Waals surface area contributed by atoms with E-state index in [1.807, 2.05) is 11.8 Å². The number of carboxylic acids is 1. The molecule has 4 saturated carbocycles. The molecule has 0 saturated heterocycles. The number of rotatable bonds is 4. The summed E-state index contributed by atoms with van der Waals surface area (Å²) in [5.74, 6) is 2.50. The van der Waals surface area contributed by atoms with Crippen molar-refractivity contribution in [1.29, 1.82) is 0 Å². The van der Waals surface area contributed by atoms with Gasteiger partial charge < -0.3 is 10.8 Å². The fourth-order valence-corrected chi connectivity index (χ4v) is 6.28. The summed E-state index contributed by atoms with van der Waals surface area (Å²) in [4.78, 5) is 10.8. The van der Waals surface area contributed by atoms with E-state index in [0.717, 1.165) is 17.8 Å². The molecule has 17 heavy (non-hydrogen) atoms. The Morgan fingerprint density at radius 2 is 1.71 bits per heavy atom. The topological polar surface area (TPSA) is 63.3 Å². The number of thioether (sulfide) groups is 1. The first-order chi connectivity index (χ1) is 8.06. The molecule has 4 heteroatoms. The van der Waals surface area contributed by atoms with Crippen LogP contribution < -0.4 is 5.73 Å². The number of nitrogens with two attached hydrogens (primary N) is 1. The molecular formula is C13H21NO2S. The van der Waals surface area contributed by atoms with E-state index in [0.29, 0.717) is 10.5 Å². The minimum absolute atomic E-state index is 0.391. The zero-order chi connectivity index (χ0) is 12.0. The van der Waals surface area contributed by atoms with Crippen molar-refractivity contribution in [2.24, 2.45) is 23.5 Å². The van der Waals surface area contributed by atoms with Crippen molar-refractivity contribution in [3.05, 3.63) is 0 Å². The summed E-state index contributed by atoms with van der Waals surface area (Å²) in [6.45, 7) is 0. The first-order valence-electron chi connectivity index (χ1n) is 6.69. The molecule has 1 atom stereocenters. The Morgan fingerprint density at radius 3 is 2.12 bits per heavy atom. The van der Waals surface area contributed by atoms with Crippen molar-refractivity contribution in [3.63, 3.8) is 0 Å². The standard InChI is InChI=1S/C13H21NO2S/c14-11(12(15)16)7-17-13-4-8-1-9(5-13)3-10(2-8)6-13/h8-11H,1-7,14H2,(H,15,16)/t8?,9?,10?,11-,13?/m0/s1. The van der Waals surface area contributed by atoms with Crippen molar-refractivity contribution >= 4 is 17.7 Å². The highest BCUT2D eigenvalue weighted by Crippen LogP contribution is 2.60. The summed E-state index contributed by atoms with van der Waals surface area (Å²) in [6.07, 6.45) is 8.25. The molecule has 0 aromatic heterocycles. The normalized spacial score (nSPS) is 44.9. The first kappa shape index (κ1) is 11.8. The molecule has 0 aromatic carbocycles. The van der Waals surface area contributed by atoms with Crippen molar-refractivity contribution in [3.8, 4) is 0 Å². The Hall–Kier alpha value is -0.220. The van der Waals surface area contributed by atoms with Crippen LogP contribution in [0.2, 0.25) is 0 Å². The average molecular weight is 255 g/mol. The van der Waals surface area contributed by atoms with Crippen LogP contribution in [0, 0.1) is 17.8 Å². The SMILES string of the molecule is N[C@@H](CSC12CC3CC(CC(C3)C1)C2)C(=O)O. The minimum atomic E-state index is -0.859. The first-order valence-corrected chi connectivity index (χ1v) is 7.67. The molecule has 3 N–H and O–H groups in total. The van der Waals surface area contributed by atoms with Gasteiger partial charge in [-0.25, -0.2) is 0 Å². The van der Waals surface area contributed by atoms with Gasteiger partial charge in [0.15, 0.2) is 0 Å². The molecule has 4 bridgehead atoms. The van der Waals surface area contributed by atoms with Crippen LogP contribution in [0.3, 0.4) is 0 Å². The van der Waals surface area contributed by atoms with E-state index < -0.39 is 12.0 Å². The summed E-state index contributed by atoms with van der Waals surface area (Å²) in [7, 11) is 0. The number of hydrogen-bond acceptors (Lipinski definition) is 3. The van der Waals surface area contributed by atoms with Crippen molar-refractivity contribution < 1.29 is 9.90 Å². The second-order valence-corrected chi connectivity index (χ2v) is 7.84. The maximum atomic E-state index is 10.8. The lowest BCUT2D eigenvalue weighted by Crippen LogP contribution is -2.49. The van der Waals surface area contributed by atoms with E-state index in [4.69, 9.17) is 10.8 Å². The summed E-state index contributed by atoms with van der Waals surface area (Å²) in [5, 5.41) is 8.86. The lowest BCUT2D eigenvalue weighted by atomic mass is 9.56. The molecular weight excluding hydrogens is 234 g/mol. The molecule has 0 amide bonds. The smallest absolute Gasteiger partial charge is 0.321 e. The molecule has 0 aliphatic heterocycles. The van der Waals surface area contributed by atoms with Crippen molar-refractivity contribution in [1.82, 2.24) is 0 Å². The maximum absolute atomic E-state index is 10.8. The van der Waals surface area contributed by atoms with Crippen LogP contribution in [0.15, 0.2) is 0 Å². The number of hydrogen-bond donors (Lipinski definition) is 2. The highest BCUT2D eigenvalue weighted by Gasteiger charge is 2.51. The second kappa shape index (κ2) is 4.16. The zero-order valence-corrected chi connectivity index (χ0v) is 10.9. The van der Waals surface area contributed by atoms with Gasteiger partial charge >= 0.3 is 5.97 Å². The van der Waals surface area contributed by atoms with Crippen LogP contribution in [0.1, 0.15) is 38.5 Å². The second-order valence-electron chi connectivity index (χ2n) is 6.36. The Kier molecular flexibility index (Phi) is 2.90. The van der Waals surface area contributed by atoms with Crippen LogP contribution >= 0.6 is 11.8 Å². The quantitative estimate of drug-likeness (QED) is 0.807. The van der Waals surface area contributed by atoms with Crippen LogP contribution in [0.5, 0.6) is 0 Å². The maximum Gasteiger partial charge on any atom is 0.321 e. The third-order valence-electron chi connectivity index (χ3n) is 4.87. The Bertz CT molecular complexity index is 296. The predicted molar refractivity (Wildman–Crippen MR) is 69.0 cm³/mol. The molecule has 0 spiro atoms. The summed E-state index contributed by atoms with van der Waals surface area (Å²) < 4.78 is 0.391. The third-order valence-corrected chi connectivity index (χ3v) is 6.51. The van der Waals surface area contributed by atoms with Gasteiger partial charge in [0.1, 0.15) is 6.04 Å². The Balaban J connectivity index is 1.64. The van der Waals surface area contributed by atoms with E-state index in [1.54, 1.807) is 0 Å². The molecule has 4 aliphatic rings. The number of aliphatic carboxylic acids is 1. The van der Waals surface area contributed by atoms with E-state index >= 15 is 0 Å². The van der Waals surface area contributed by atoms with Gasteiger partial charge in [-0.3, -0.25) is 4.79 Å². The predicted octanol–water partition coefficient (Wildman–Crippen LogP) is 2.10. The fraction of sp³-hybridized carbons (Fsp3) is 0.923. The van der Waals surface area contributed by atoms with Crippen LogP contribution in [-0.4, -0.2) is 27.6 Å². The van der Waals surface area contributed by atoms with Gasteiger partial charge in [0.05, 0.1) is 0 Å². The summed E-state index contributed by atoms with van der Waals surface area (Å²) in [6, 6.07) is -0.687. The largest absolute Gasteiger partial charge is 0.480 e. The number of carboxylic acid groups (broad SMARTS) is 1. The molecule has 0 radical (unpaired) electrons. The van der Waals surface area contributed by atoms with Gasteiger partial charge in [0, 0.05) is 10.5 Å². The third kappa shape index (κ3) is 2.22. The molecule has 0 heterocycles. The van der Waals surface area contributed by atoms with Gasteiger partial charge in [-0.05, 0) is 56.3 Å². The molecule has 3 nitrogen and oxygen atoms in total. The molecule has 4 rings (SSSR count). The van der Waals surface area contributed by atoms with E-state index in [2.05, 4.69) is 0 Å². The van der Waals surface area contributed by atoms with E-state index in [1.165, 1.54) is 38.5 Å². The van der Waals surface area contributed by atoms with Crippen LogP contribution in [0.25, 0.3) is 0 Å². The molecule has 4 aliphatic carbocycles.